The van der Waals surface area contributed by atoms with Gasteiger partial charge in [-0.1, -0.05) is 13.8 Å². The lowest BCUT2D eigenvalue weighted by atomic mass is 10.1. The molecular weight excluding hydrogens is 228 g/mol. The summed E-state index contributed by atoms with van der Waals surface area (Å²) in [5.74, 6) is -0.186. The monoisotopic (exact) mass is 252 g/mol. The Morgan fingerprint density at radius 1 is 1.44 bits per heavy atom. The summed E-state index contributed by atoms with van der Waals surface area (Å²) in [4.78, 5) is 11.4. The van der Waals surface area contributed by atoms with Gasteiger partial charge in [-0.2, -0.15) is 0 Å². The van der Waals surface area contributed by atoms with Gasteiger partial charge < -0.3 is 14.6 Å². The van der Waals surface area contributed by atoms with Crippen molar-refractivity contribution in [3.8, 4) is 0 Å². The molecule has 1 aromatic heterocycles. The third-order valence-corrected chi connectivity index (χ3v) is 2.84. The van der Waals surface area contributed by atoms with Crippen LogP contribution in [0.2, 0.25) is 0 Å². The van der Waals surface area contributed by atoms with Gasteiger partial charge in [0.1, 0.15) is 6.54 Å². The van der Waals surface area contributed by atoms with E-state index >= 15 is 0 Å². The maximum atomic E-state index is 11.4. The SMILES string of the molecule is CCCNC(CC)c1ccn(CC(=O)OCC)c1. The Morgan fingerprint density at radius 2 is 2.22 bits per heavy atom. The molecule has 0 bridgehead atoms. The number of rotatable bonds is 8. The number of carbonyl (C=O) groups is 1. The van der Waals surface area contributed by atoms with Gasteiger partial charge in [0.05, 0.1) is 6.61 Å². The van der Waals surface area contributed by atoms with Gasteiger partial charge in [-0.05, 0) is 37.9 Å². The van der Waals surface area contributed by atoms with Gasteiger partial charge in [-0.15, -0.1) is 0 Å². The summed E-state index contributed by atoms with van der Waals surface area (Å²) in [6, 6.07) is 2.43. The van der Waals surface area contributed by atoms with Crippen LogP contribution in [-0.2, 0) is 16.1 Å². The molecule has 0 aromatic carbocycles. The van der Waals surface area contributed by atoms with E-state index in [1.807, 2.05) is 23.9 Å². The Balaban J connectivity index is 2.57. The fraction of sp³-hybridized carbons (Fsp3) is 0.643. The summed E-state index contributed by atoms with van der Waals surface area (Å²) >= 11 is 0. The average Bonchev–Trinajstić information content (AvgIpc) is 2.79. The van der Waals surface area contributed by atoms with E-state index in [0.29, 0.717) is 12.6 Å². The second-order valence-corrected chi connectivity index (χ2v) is 4.34. The van der Waals surface area contributed by atoms with Crippen LogP contribution in [0.15, 0.2) is 18.5 Å². The zero-order valence-electron chi connectivity index (χ0n) is 11.6. The zero-order chi connectivity index (χ0) is 13.4. The van der Waals surface area contributed by atoms with Crippen molar-refractivity contribution in [2.45, 2.75) is 46.2 Å². The molecule has 4 nitrogen and oxygen atoms in total. The van der Waals surface area contributed by atoms with Crippen molar-refractivity contribution in [3.05, 3.63) is 24.0 Å². The van der Waals surface area contributed by atoms with Crippen molar-refractivity contribution in [1.29, 1.82) is 0 Å². The maximum Gasteiger partial charge on any atom is 0.325 e. The normalized spacial score (nSPS) is 12.4. The molecule has 1 heterocycles. The van der Waals surface area contributed by atoms with Crippen LogP contribution < -0.4 is 5.32 Å². The molecule has 0 fully saturated rings. The molecule has 0 aliphatic rings. The molecule has 0 spiro atoms. The molecule has 18 heavy (non-hydrogen) atoms. The van der Waals surface area contributed by atoms with Crippen LogP contribution in [0.3, 0.4) is 0 Å². The van der Waals surface area contributed by atoms with Crippen LogP contribution in [0, 0.1) is 0 Å². The number of nitrogens with zero attached hydrogens (tertiary/aromatic N) is 1. The van der Waals surface area contributed by atoms with Gasteiger partial charge in [0.25, 0.3) is 0 Å². The van der Waals surface area contributed by atoms with Crippen molar-refractivity contribution in [1.82, 2.24) is 9.88 Å². The van der Waals surface area contributed by atoms with Crippen molar-refractivity contribution >= 4 is 5.97 Å². The van der Waals surface area contributed by atoms with Gasteiger partial charge in [-0.3, -0.25) is 4.79 Å². The van der Waals surface area contributed by atoms with Gasteiger partial charge in [0.2, 0.25) is 0 Å². The number of nitrogens with one attached hydrogen (secondary N) is 1. The molecule has 0 radical (unpaired) electrons. The van der Waals surface area contributed by atoms with E-state index in [4.69, 9.17) is 4.74 Å². The lowest BCUT2D eigenvalue weighted by Gasteiger charge is -2.15. The van der Waals surface area contributed by atoms with Gasteiger partial charge in [-0.25, -0.2) is 0 Å². The minimum absolute atomic E-state index is 0.186. The number of aromatic nitrogens is 1. The van der Waals surface area contributed by atoms with Crippen LogP contribution in [0.1, 0.15) is 45.2 Å². The smallest absolute Gasteiger partial charge is 0.325 e. The third-order valence-electron chi connectivity index (χ3n) is 2.84. The Labute approximate surface area is 109 Å². The average molecular weight is 252 g/mol. The highest BCUT2D eigenvalue weighted by Gasteiger charge is 2.10. The molecule has 0 saturated carbocycles. The van der Waals surface area contributed by atoms with Crippen molar-refractivity contribution in [3.63, 3.8) is 0 Å². The number of hydrogen-bond donors (Lipinski definition) is 1. The topological polar surface area (TPSA) is 43.3 Å². The number of esters is 1. The highest BCUT2D eigenvalue weighted by Crippen LogP contribution is 2.16. The molecule has 0 aliphatic carbocycles. The predicted molar refractivity (Wildman–Crippen MR) is 72.4 cm³/mol. The number of hydrogen-bond acceptors (Lipinski definition) is 3. The molecule has 0 saturated heterocycles. The van der Waals surface area contributed by atoms with E-state index in [2.05, 4.69) is 25.2 Å². The molecule has 1 rings (SSSR count). The van der Waals surface area contributed by atoms with Crippen molar-refractivity contribution in [2.24, 2.45) is 0 Å². The molecule has 0 amide bonds. The molecule has 1 atom stereocenters. The van der Waals surface area contributed by atoms with Crippen LogP contribution >= 0.6 is 0 Å². The minimum Gasteiger partial charge on any atom is -0.465 e. The summed E-state index contributed by atoms with van der Waals surface area (Å²) < 4.78 is 6.81. The quantitative estimate of drug-likeness (QED) is 0.723. The van der Waals surface area contributed by atoms with Crippen LogP contribution in [0.5, 0.6) is 0 Å². The molecule has 102 valence electrons. The van der Waals surface area contributed by atoms with Gasteiger partial charge in [0, 0.05) is 18.4 Å². The Hall–Kier alpha value is -1.29. The first-order valence-electron chi connectivity index (χ1n) is 6.75. The van der Waals surface area contributed by atoms with Gasteiger partial charge in [0.15, 0.2) is 0 Å². The molecule has 1 unspecified atom stereocenters. The van der Waals surface area contributed by atoms with Crippen molar-refractivity contribution < 1.29 is 9.53 Å². The first-order valence-corrected chi connectivity index (χ1v) is 6.75. The minimum atomic E-state index is -0.186. The Morgan fingerprint density at radius 3 is 2.83 bits per heavy atom. The fourth-order valence-corrected chi connectivity index (χ4v) is 1.94. The molecule has 4 heteroatoms. The highest BCUT2D eigenvalue weighted by atomic mass is 16.5. The summed E-state index contributed by atoms with van der Waals surface area (Å²) in [7, 11) is 0. The Bertz CT molecular complexity index is 360. The van der Waals surface area contributed by atoms with E-state index in [9.17, 15) is 4.79 Å². The summed E-state index contributed by atoms with van der Waals surface area (Å²) in [5.41, 5.74) is 1.23. The van der Waals surface area contributed by atoms with E-state index in [1.54, 1.807) is 0 Å². The zero-order valence-corrected chi connectivity index (χ0v) is 11.6. The summed E-state index contributed by atoms with van der Waals surface area (Å²) in [6.07, 6.45) is 6.12. The fourth-order valence-electron chi connectivity index (χ4n) is 1.94. The first-order chi connectivity index (χ1) is 8.71. The molecule has 1 N–H and O–H groups in total. The van der Waals surface area contributed by atoms with Crippen LogP contribution in [-0.4, -0.2) is 23.7 Å². The molecule has 0 aliphatic heterocycles. The van der Waals surface area contributed by atoms with E-state index in [1.165, 1.54) is 5.56 Å². The van der Waals surface area contributed by atoms with Crippen molar-refractivity contribution in [2.75, 3.05) is 13.2 Å². The van der Waals surface area contributed by atoms with Crippen LogP contribution in [0.25, 0.3) is 0 Å². The largest absolute Gasteiger partial charge is 0.465 e. The molecule has 1 aromatic rings. The highest BCUT2D eigenvalue weighted by molar-refractivity contribution is 5.69. The van der Waals surface area contributed by atoms with Crippen LogP contribution in [0.4, 0.5) is 0 Å². The van der Waals surface area contributed by atoms with E-state index < -0.39 is 0 Å². The number of ether oxygens (including phenoxy) is 1. The lowest BCUT2D eigenvalue weighted by molar-refractivity contribution is -0.143. The first kappa shape index (κ1) is 14.8. The second kappa shape index (κ2) is 7.93. The summed E-state index contributed by atoms with van der Waals surface area (Å²) in [5, 5.41) is 3.50. The third kappa shape index (κ3) is 4.53. The lowest BCUT2D eigenvalue weighted by Crippen LogP contribution is -2.21. The molecular formula is C14H24N2O2. The second-order valence-electron chi connectivity index (χ2n) is 4.34. The predicted octanol–water partition coefficient (Wildman–Crippen LogP) is 2.50. The maximum absolute atomic E-state index is 11.4. The summed E-state index contributed by atoms with van der Waals surface area (Å²) in [6.45, 7) is 7.88. The van der Waals surface area contributed by atoms with E-state index in [0.717, 1.165) is 19.4 Å². The van der Waals surface area contributed by atoms with Gasteiger partial charge >= 0.3 is 5.97 Å². The standard InChI is InChI=1S/C14H24N2O2/c1-4-8-15-13(5-2)12-7-9-16(10-12)11-14(17)18-6-3/h7,9-10,13,15H,4-6,8,11H2,1-3H3. The van der Waals surface area contributed by atoms with E-state index in [-0.39, 0.29) is 12.5 Å². The number of carbonyl (C=O) groups excluding carboxylic acids is 1. The Kier molecular flexibility index (Phi) is 6.50.